The summed E-state index contributed by atoms with van der Waals surface area (Å²) < 4.78 is 17.8. The number of benzene rings is 2. The van der Waals surface area contributed by atoms with E-state index < -0.39 is 5.79 Å². The van der Waals surface area contributed by atoms with Crippen molar-refractivity contribution in [3.05, 3.63) is 58.7 Å². The Kier molecular flexibility index (Phi) is 5.13. The van der Waals surface area contributed by atoms with Crippen molar-refractivity contribution in [1.82, 2.24) is 0 Å². The Bertz CT molecular complexity index is 886. The minimum atomic E-state index is -1.30. The maximum Gasteiger partial charge on any atom is 0.292 e. The van der Waals surface area contributed by atoms with Gasteiger partial charge in [-0.3, -0.25) is 4.79 Å². The summed E-state index contributed by atoms with van der Waals surface area (Å²) in [6.45, 7) is 8.10. The molecule has 2 aromatic carbocycles. The van der Waals surface area contributed by atoms with E-state index in [2.05, 4.69) is 6.92 Å². The average molecular weight is 381 g/mol. The van der Waals surface area contributed by atoms with Gasteiger partial charge in [0.2, 0.25) is 0 Å². The van der Waals surface area contributed by atoms with Crippen LogP contribution in [-0.2, 0) is 26.6 Å². The molecule has 2 aliphatic rings. The van der Waals surface area contributed by atoms with Crippen LogP contribution in [0.3, 0.4) is 0 Å². The van der Waals surface area contributed by atoms with Crippen molar-refractivity contribution >= 4 is 11.6 Å². The van der Waals surface area contributed by atoms with E-state index in [-0.39, 0.29) is 5.91 Å². The number of amides is 1. The zero-order chi connectivity index (χ0) is 19.7. The molecule has 0 bridgehead atoms. The lowest BCUT2D eigenvalue weighted by atomic mass is 9.98. The number of rotatable bonds is 6. The van der Waals surface area contributed by atoms with Crippen LogP contribution in [0.15, 0.2) is 36.4 Å². The standard InChI is InChI=1S/C23H27NO4/c1-4-5-12-26-19-9-7-6-8-18(19)15-24-21-17(3)11-10-16(2)20(21)23(22(24)25)27-13-14-28-23/h6-11H,4-5,12-15H2,1-3H3. The monoisotopic (exact) mass is 381 g/mol. The molecule has 2 aliphatic heterocycles. The van der Waals surface area contributed by atoms with Crippen molar-refractivity contribution in [2.75, 3.05) is 24.7 Å². The molecule has 1 amide bonds. The Hall–Kier alpha value is -2.37. The fourth-order valence-electron chi connectivity index (χ4n) is 4.05. The molecule has 0 aromatic heterocycles. The van der Waals surface area contributed by atoms with Gasteiger partial charge in [0.15, 0.2) is 0 Å². The van der Waals surface area contributed by atoms with Gasteiger partial charge < -0.3 is 19.1 Å². The molecule has 1 fully saturated rings. The third-order valence-corrected chi connectivity index (χ3v) is 5.46. The van der Waals surface area contributed by atoms with Gasteiger partial charge in [-0.1, -0.05) is 43.7 Å². The van der Waals surface area contributed by atoms with Crippen molar-refractivity contribution in [2.24, 2.45) is 0 Å². The molecule has 1 spiro atoms. The number of hydrogen-bond donors (Lipinski definition) is 0. The van der Waals surface area contributed by atoms with E-state index in [1.54, 1.807) is 4.90 Å². The lowest BCUT2D eigenvalue weighted by molar-refractivity contribution is -0.181. The van der Waals surface area contributed by atoms with Crippen LogP contribution in [0.4, 0.5) is 5.69 Å². The first kappa shape index (κ1) is 19.0. The van der Waals surface area contributed by atoms with Crippen LogP contribution >= 0.6 is 0 Å². The highest BCUT2D eigenvalue weighted by Gasteiger charge is 2.57. The third-order valence-electron chi connectivity index (χ3n) is 5.46. The van der Waals surface area contributed by atoms with Gasteiger partial charge in [-0.25, -0.2) is 0 Å². The zero-order valence-electron chi connectivity index (χ0n) is 16.8. The summed E-state index contributed by atoms with van der Waals surface area (Å²) in [7, 11) is 0. The van der Waals surface area contributed by atoms with E-state index in [1.807, 2.05) is 50.2 Å². The molecule has 1 saturated heterocycles. The van der Waals surface area contributed by atoms with Crippen molar-refractivity contribution in [3.63, 3.8) is 0 Å². The maximum atomic E-state index is 13.5. The first-order valence-electron chi connectivity index (χ1n) is 9.99. The molecule has 0 radical (unpaired) electrons. The van der Waals surface area contributed by atoms with Crippen molar-refractivity contribution in [2.45, 2.75) is 45.9 Å². The zero-order valence-corrected chi connectivity index (χ0v) is 16.8. The largest absolute Gasteiger partial charge is 0.493 e. The maximum absolute atomic E-state index is 13.5. The summed E-state index contributed by atoms with van der Waals surface area (Å²) in [6, 6.07) is 12.0. The summed E-state index contributed by atoms with van der Waals surface area (Å²) in [5, 5.41) is 0. The third kappa shape index (κ3) is 2.99. The molecule has 2 aromatic rings. The smallest absolute Gasteiger partial charge is 0.292 e. The number of unbranched alkanes of at least 4 members (excludes halogenated alkanes) is 1. The van der Waals surface area contributed by atoms with E-state index in [9.17, 15) is 4.79 Å². The molecule has 28 heavy (non-hydrogen) atoms. The second-order valence-corrected chi connectivity index (χ2v) is 7.44. The van der Waals surface area contributed by atoms with Gasteiger partial charge in [0.05, 0.1) is 32.1 Å². The molecule has 0 unspecified atom stereocenters. The minimum absolute atomic E-state index is 0.152. The fourth-order valence-corrected chi connectivity index (χ4v) is 4.05. The summed E-state index contributed by atoms with van der Waals surface area (Å²) in [4.78, 5) is 15.3. The minimum Gasteiger partial charge on any atom is -0.493 e. The SMILES string of the molecule is CCCCOc1ccccc1CN1C(=O)C2(OCCO2)c2c(C)ccc(C)c21. The second-order valence-electron chi connectivity index (χ2n) is 7.44. The Morgan fingerprint density at radius 1 is 1.07 bits per heavy atom. The van der Waals surface area contributed by atoms with Crippen LogP contribution in [-0.4, -0.2) is 25.7 Å². The fraction of sp³-hybridized carbons (Fsp3) is 0.435. The molecule has 2 heterocycles. The highest BCUT2D eigenvalue weighted by Crippen LogP contribution is 2.49. The van der Waals surface area contributed by atoms with E-state index in [4.69, 9.17) is 14.2 Å². The number of fused-ring (bicyclic) bond motifs is 2. The van der Waals surface area contributed by atoms with Gasteiger partial charge in [-0.05, 0) is 37.5 Å². The van der Waals surface area contributed by atoms with Crippen LogP contribution in [0.5, 0.6) is 5.75 Å². The number of para-hydroxylation sites is 1. The van der Waals surface area contributed by atoms with Gasteiger partial charge >= 0.3 is 0 Å². The summed E-state index contributed by atoms with van der Waals surface area (Å²) in [6.07, 6.45) is 2.08. The Morgan fingerprint density at radius 2 is 1.79 bits per heavy atom. The lowest BCUT2D eigenvalue weighted by Crippen LogP contribution is -2.41. The van der Waals surface area contributed by atoms with E-state index >= 15 is 0 Å². The number of carbonyl (C=O) groups excluding carboxylic acids is 1. The van der Waals surface area contributed by atoms with Gasteiger partial charge in [0.1, 0.15) is 5.75 Å². The highest BCUT2D eigenvalue weighted by atomic mass is 16.7. The molecule has 4 rings (SSSR count). The van der Waals surface area contributed by atoms with Crippen molar-refractivity contribution in [3.8, 4) is 5.75 Å². The van der Waals surface area contributed by atoms with Gasteiger partial charge in [-0.2, -0.15) is 0 Å². The quantitative estimate of drug-likeness (QED) is 0.703. The Labute approximate surface area is 166 Å². The van der Waals surface area contributed by atoms with Crippen molar-refractivity contribution in [1.29, 1.82) is 0 Å². The van der Waals surface area contributed by atoms with E-state index in [0.717, 1.165) is 46.5 Å². The van der Waals surface area contributed by atoms with E-state index in [0.29, 0.717) is 26.4 Å². The molecule has 5 nitrogen and oxygen atoms in total. The number of nitrogens with zero attached hydrogens (tertiary/aromatic N) is 1. The molecular formula is C23H27NO4. The van der Waals surface area contributed by atoms with Gasteiger partial charge in [-0.15, -0.1) is 0 Å². The van der Waals surface area contributed by atoms with Crippen LogP contribution in [0.25, 0.3) is 0 Å². The molecule has 0 aliphatic carbocycles. The predicted molar refractivity (Wildman–Crippen MR) is 108 cm³/mol. The summed E-state index contributed by atoms with van der Waals surface area (Å²) in [5.41, 5.74) is 4.77. The van der Waals surface area contributed by atoms with E-state index in [1.165, 1.54) is 0 Å². The highest BCUT2D eigenvalue weighted by molar-refractivity contribution is 6.07. The van der Waals surface area contributed by atoms with Crippen LogP contribution in [0, 0.1) is 13.8 Å². The Balaban J connectivity index is 1.73. The molecule has 148 valence electrons. The number of aryl methyl sites for hydroxylation is 2. The average Bonchev–Trinajstić information content (AvgIpc) is 3.27. The molecule has 0 saturated carbocycles. The molecule has 0 N–H and O–H groups in total. The number of carbonyl (C=O) groups is 1. The Morgan fingerprint density at radius 3 is 2.54 bits per heavy atom. The second kappa shape index (κ2) is 7.57. The summed E-state index contributed by atoms with van der Waals surface area (Å²) >= 11 is 0. The predicted octanol–water partition coefficient (Wildman–Crippen LogP) is 4.23. The topological polar surface area (TPSA) is 48.0 Å². The molecular weight excluding hydrogens is 354 g/mol. The van der Waals surface area contributed by atoms with Gasteiger partial charge in [0.25, 0.3) is 11.7 Å². The summed E-state index contributed by atoms with van der Waals surface area (Å²) in [5.74, 6) is -0.630. The van der Waals surface area contributed by atoms with Gasteiger partial charge in [0, 0.05) is 11.1 Å². The first-order chi connectivity index (χ1) is 13.6. The normalized spacial score (nSPS) is 17.4. The first-order valence-corrected chi connectivity index (χ1v) is 9.99. The number of anilines is 1. The van der Waals surface area contributed by atoms with Crippen LogP contribution in [0.2, 0.25) is 0 Å². The lowest BCUT2D eigenvalue weighted by Gasteiger charge is -2.23. The molecule has 0 atom stereocenters. The number of hydrogen-bond acceptors (Lipinski definition) is 4. The molecule has 5 heteroatoms. The number of ether oxygens (including phenoxy) is 3. The van der Waals surface area contributed by atoms with Crippen LogP contribution < -0.4 is 9.64 Å². The van der Waals surface area contributed by atoms with Crippen molar-refractivity contribution < 1.29 is 19.0 Å². The van der Waals surface area contributed by atoms with Crippen LogP contribution in [0.1, 0.15) is 42.0 Å².